The summed E-state index contributed by atoms with van der Waals surface area (Å²) in [6.07, 6.45) is 1.95. The number of anilines is 1. The van der Waals surface area contributed by atoms with Crippen LogP contribution in [0.3, 0.4) is 0 Å². The Kier molecular flexibility index (Phi) is 6.27. The second-order valence-electron chi connectivity index (χ2n) is 8.20. The normalized spacial score (nSPS) is 15.1. The van der Waals surface area contributed by atoms with Gasteiger partial charge in [0.15, 0.2) is 6.10 Å². The number of benzene rings is 2. The van der Waals surface area contributed by atoms with Gasteiger partial charge in [0.1, 0.15) is 16.5 Å². The van der Waals surface area contributed by atoms with Gasteiger partial charge in [0.25, 0.3) is 5.91 Å². The molecule has 1 atom stereocenters. The van der Waals surface area contributed by atoms with E-state index < -0.39 is 6.10 Å². The second kappa shape index (κ2) is 9.65. The number of aryl methyl sites for hydroxylation is 1. The van der Waals surface area contributed by atoms with Crippen LogP contribution < -0.4 is 14.4 Å². The first-order valence-corrected chi connectivity index (χ1v) is 12.2. The van der Waals surface area contributed by atoms with E-state index in [9.17, 15) is 4.79 Å². The van der Waals surface area contributed by atoms with Gasteiger partial charge in [0.2, 0.25) is 0 Å². The highest BCUT2D eigenvalue weighted by atomic mass is 32.1. The van der Waals surface area contributed by atoms with Gasteiger partial charge in [-0.2, -0.15) is 0 Å². The Labute approximate surface area is 202 Å². The molecule has 0 bridgehead atoms. The fourth-order valence-corrected chi connectivity index (χ4v) is 4.66. The molecule has 34 heavy (non-hydrogen) atoms. The van der Waals surface area contributed by atoms with E-state index in [0.717, 1.165) is 33.4 Å². The molecule has 0 spiro atoms. The summed E-state index contributed by atoms with van der Waals surface area (Å²) >= 11 is 1.55. The third-order valence-electron chi connectivity index (χ3n) is 5.67. The van der Waals surface area contributed by atoms with Crippen molar-refractivity contribution in [2.75, 3.05) is 18.1 Å². The molecule has 0 N–H and O–H groups in total. The molecule has 0 saturated heterocycles. The molecule has 1 amide bonds. The summed E-state index contributed by atoms with van der Waals surface area (Å²) < 4.78 is 11.7. The fourth-order valence-electron chi connectivity index (χ4n) is 3.86. The monoisotopic (exact) mass is 471 g/mol. The molecule has 6 nitrogen and oxygen atoms in total. The maximum Gasteiger partial charge on any atom is 0.267 e. The van der Waals surface area contributed by atoms with Crippen molar-refractivity contribution in [3.63, 3.8) is 0 Å². The molecule has 1 aliphatic rings. The highest BCUT2D eigenvalue weighted by Gasteiger charge is 2.31. The van der Waals surface area contributed by atoms with Gasteiger partial charge >= 0.3 is 0 Å². The van der Waals surface area contributed by atoms with Gasteiger partial charge < -0.3 is 14.4 Å². The van der Waals surface area contributed by atoms with Gasteiger partial charge in [-0.3, -0.25) is 9.78 Å². The third-order valence-corrected chi connectivity index (χ3v) is 6.53. The van der Waals surface area contributed by atoms with E-state index in [4.69, 9.17) is 14.5 Å². The topological polar surface area (TPSA) is 64.5 Å². The molecule has 0 saturated carbocycles. The van der Waals surface area contributed by atoms with Crippen molar-refractivity contribution in [3.05, 3.63) is 77.8 Å². The molecule has 0 fully saturated rings. The van der Waals surface area contributed by atoms with Crippen molar-refractivity contribution in [3.8, 4) is 33.5 Å². The molecule has 2 aromatic heterocycles. The van der Waals surface area contributed by atoms with Crippen LogP contribution in [0.1, 0.15) is 18.9 Å². The average molecular weight is 472 g/mol. The van der Waals surface area contributed by atoms with Crippen molar-refractivity contribution in [1.29, 1.82) is 0 Å². The Balaban J connectivity index is 1.33. The lowest BCUT2D eigenvalue weighted by molar-refractivity contribution is -0.125. The summed E-state index contributed by atoms with van der Waals surface area (Å²) in [5, 5.41) is 2.87. The SMILES string of the molecule is Cc1ccc(OCCCN2C(=O)C(C)Oc3ccc(-c4csc(-c5ccccn5)n4)cc32)cc1. The summed E-state index contributed by atoms with van der Waals surface area (Å²) in [6.45, 7) is 4.90. The number of aromatic nitrogens is 2. The van der Waals surface area contributed by atoms with Crippen LogP contribution in [0.15, 0.2) is 72.2 Å². The van der Waals surface area contributed by atoms with E-state index in [1.54, 1.807) is 29.4 Å². The molecule has 2 aromatic carbocycles. The lowest BCUT2D eigenvalue weighted by Crippen LogP contribution is -2.45. The lowest BCUT2D eigenvalue weighted by Gasteiger charge is -2.33. The van der Waals surface area contributed by atoms with Gasteiger partial charge in [-0.05, 0) is 62.7 Å². The molecule has 3 heterocycles. The molecular formula is C27H25N3O3S. The minimum absolute atomic E-state index is 0.0487. The molecule has 4 aromatic rings. The molecule has 0 radical (unpaired) electrons. The number of hydrogen-bond acceptors (Lipinski definition) is 6. The maximum atomic E-state index is 13.0. The van der Waals surface area contributed by atoms with Crippen LogP contribution in [0.4, 0.5) is 5.69 Å². The first kappa shape index (κ1) is 22.1. The number of amides is 1. The number of carbonyl (C=O) groups excluding carboxylic acids is 1. The van der Waals surface area contributed by atoms with Gasteiger partial charge in [-0.25, -0.2) is 4.98 Å². The van der Waals surface area contributed by atoms with Gasteiger partial charge in [0.05, 0.1) is 23.7 Å². The summed E-state index contributed by atoms with van der Waals surface area (Å²) in [5.41, 5.74) is 4.59. The summed E-state index contributed by atoms with van der Waals surface area (Å²) in [6, 6.07) is 19.7. The predicted octanol–water partition coefficient (Wildman–Crippen LogP) is 5.76. The number of pyridine rings is 1. The first-order chi connectivity index (χ1) is 16.6. The van der Waals surface area contributed by atoms with Gasteiger partial charge in [0, 0.05) is 23.7 Å². The molecule has 7 heteroatoms. The summed E-state index contributed by atoms with van der Waals surface area (Å²) in [7, 11) is 0. The zero-order valence-electron chi connectivity index (χ0n) is 19.1. The number of fused-ring (bicyclic) bond motifs is 1. The maximum absolute atomic E-state index is 13.0. The second-order valence-corrected chi connectivity index (χ2v) is 9.06. The van der Waals surface area contributed by atoms with Gasteiger partial charge in [-0.1, -0.05) is 23.8 Å². The van der Waals surface area contributed by atoms with Crippen LogP contribution in [0.5, 0.6) is 11.5 Å². The van der Waals surface area contributed by atoms with E-state index >= 15 is 0 Å². The van der Waals surface area contributed by atoms with Crippen molar-refractivity contribution < 1.29 is 14.3 Å². The quantitative estimate of drug-likeness (QED) is 0.321. The summed E-state index contributed by atoms with van der Waals surface area (Å²) in [5.74, 6) is 1.49. The number of rotatable bonds is 7. The van der Waals surface area contributed by atoms with E-state index in [1.807, 2.05) is 73.0 Å². The van der Waals surface area contributed by atoms with Crippen LogP contribution in [0, 0.1) is 6.92 Å². The molecule has 172 valence electrons. The van der Waals surface area contributed by atoms with E-state index in [0.29, 0.717) is 25.3 Å². The minimum atomic E-state index is -0.522. The zero-order valence-corrected chi connectivity index (χ0v) is 19.9. The number of nitrogens with zero attached hydrogens (tertiary/aromatic N) is 3. The number of carbonyl (C=O) groups is 1. The lowest BCUT2D eigenvalue weighted by atomic mass is 10.1. The fraction of sp³-hybridized carbons (Fsp3) is 0.222. The largest absolute Gasteiger partial charge is 0.494 e. The Morgan fingerprint density at radius 2 is 1.94 bits per heavy atom. The van der Waals surface area contributed by atoms with E-state index in [-0.39, 0.29) is 5.91 Å². The zero-order chi connectivity index (χ0) is 23.5. The Bertz CT molecular complexity index is 1290. The Morgan fingerprint density at radius 1 is 1.09 bits per heavy atom. The smallest absolute Gasteiger partial charge is 0.267 e. The number of thiazole rings is 1. The molecular weight excluding hydrogens is 446 g/mol. The van der Waals surface area contributed by atoms with Crippen LogP contribution >= 0.6 is 11.3 Å². The highest BCUT2D eigenvalue weighted by Crippen LogP contribution is 2.38. The predicted molar refractivity (Wildman–Crippen MR) is 135 cm³/mol. The highest BCUT2D eigenvalue weighted by molar-refractivity contribution is 7.13. The van der Waals surface area contributed by atoms with Crippen LogP contribution in [-0.2, 0) is 4.79 Å². The van der Waals surface area contributed by atoms with E-state index in [1.165, 1.54) is 5.56 Å². The summed E-state index contributed by atoms with van der Waals surface area (Å²) in [4.78, 5) is 23.9. The molecule has 0 aliphatic carbocycles. The van der Waals surface area contributed by atoms with Crippen LogP contribution in [-0.4, -0.2) is 35.1 Å². The molecule has 5 rings (SSSR count). The van der Waals surface area contributed by atoms with Crippen molar-refractivity contribution in [1.82, 2.24) is 9.97 Å². The van der Waals surface area contributed by atoms with Crippen molar-refractivity contribution in [2.45, 2.75) is 26.4 Å². The number of hydrogen-bond donors (Lipinski definition) is 0. The average Bonchev–Trinajstić information content (AvgIpc) is 3.36. The minimum Gasteiger partial charge on any atom is -0.494 e. The van der Waals surface area contributed by atoms with Crippen molar-refractivity contribution >= 4 is 22.9 Å². The molecule has 1 aliphatic heterocycles. The standard InChI is InChI=1S/C27H25N3O3S/c1-18-7-10-21(11-8-18)32-15-5-14-30-24-16-20(9-12-25(24)33-19(2)27(30)31)23-17-34-26(29-23)22-6-3-4-13-28-22/h3-4,6-13,16-17,19H,5,14-15H2,1-2H3. The first-order valence-electron chi connectivity index (χ1n) is 11.3. The van der Waals surface area contributed by atoms with E-state index in [2.05, 4.69) is 4.98 Å². The van der Waals surface area contributed by atoms with Crippen LogP contribution in [0.2, 0.25) is 0 Å². The number of ether oxygens (including phenoxy) is 2. The van der Waals surface area contributed by atoms with Gasteiger partial charge in [-0.15, -0.1) is 11.3 Å². The Hall–Kier alpha value is -3.71. The molecule has 1 unspecified atom stereocenters. The Morgan fingerprint density at radius 3 is 2.74 bits per heavy atom. The third kappa shape index (κ3) is 4.65. The van der Waals surface area contributed by atoms with Crippen LogP contribution in [0.25, 0.3) is 22.0 Å². The van der Waals surface area contributed by atoms with Crippen molar-refractivity contribution in [2.24, 2.45) is 0 Å².